The summed E-state index contributed by atoms with van der Waals surface area (Å²) >= 11 is 0. The molecule has 0 atom stereocenters. The van der Waals surface area contributed by atoms with Crippen LogP contribution in [0.25, 0.3) is 16.5 Å². The number of ether oxygens (including phenoxy) is 1. The number of hydrogen-bond donors (Lipinski definition) is 0. The van der Waals surface area contributed by atoms with Gasteiger partial charge in [0.1, 0.15) is 22.9 Å². The Morgan fingerprint density at radius 2 is 1.76 bits per heavy atom. The van der Waals surface area contributed by atoms with Crippen LogP contribution in [-0.4, -0.2) is 66.9 Å². The van der Waals surface area contributed by atoms with E-state index >= 15 is 0 Å². The molecule has 1 aromatic heterocycles. The first-order valence-electron chi connectivity index (χ1n) is 13.2. The fraction of sp³-hybridized carbons (Fsp3) is 0.323. The number of amides is 1. The van der Waals surface area contributed by atoms with Crippen LogP contribution < -0.4 is 0 Å². The molecule has 0 spiro atoms. The van der Waals surface area contributed by atoms with E-state index in [1.807, 2.05) is 52.0 Å². The van der Waals surface area contributed by atoms with Crippen molar-refractivity contribution in [2.75, 3.05) is 27.2 Å². The summed E-state index contributed by atoms with van der Waals surface area (Å²) in [6.45, 7) is 8.19. The molecule has 214 valence electrons. The highest BCUT2D eigenvalue weighted by Crippen LogP contribution is 2.32. The first-order chi connectivity index (χ1) is 19.2. The van der Waals surface area contributed by atoms with Gasteiger partial charge < -0.3 is 14.5 Å². The summed E-state index contributed by atoms with van der Waals surface area (Å²) < 4.78 is 34.3. The standard InChI is InChI=1S/C31H34N4O5S/c1-21-7-10-26(11-8-21)41(38,39)35-27-12-9-23(22-13-15-34(16-14-22)30(37)40-31(2,3)4)17-24(27)18-28(35)29(36)25(19-32)20-33(5)6/h7-13,17-18,20H,14-16H2,1-6H3/b25-20-. The summed E-state index contributed by atoms with van der Waals surface area (Å²) in [4.78, 5) is 29.2. The van der Waals surface area contributed by atoms with Gasteiger partial charge >= 0.3 is 6.09 Å². The molecule has 41 heavy (non-hydrogen) atoms. The number of rotatable bonds is 6. The number of carbonyl (C=O) groups excluding carboxylic acids is 2. The van der Waals surface area contributed by atoms with E-state index in [1.54, 1.807) is 42.1 Å². The number of nitrogens with zero attached hydrogens (tertiary/aromatic N) is 4. The lowest BCUT2D eigenvalue weighted by molar-refractivity contribution is 0.0270. The van der Waals surface area contributed by atoms with E-state index in [1.165, 1.54) is 24.4 Å². The first kappa shape index (κ1) is 29.6. The minimum absolute atomic E-state index is 0.0334. The first-order valence-corrected chi connectivity index (χ1v) is 14.6. The minimum atomic E-state index is -4.18. The normalized spacial score (nSPS) is 14.4. The lowest BCUT2D eigenvalue weighted by Gasteiger charge is -2.29. The molecule has 1 aliphatic heterocycles. The zero-order valence-corrected chi connectivity index (χ0v) is 24.9. The molecule has 0 aliphatic carbocycles. The highest BCUT2D eigenvalue weighted by molar-refractivity contribution is 7.90. The van der Waals surface area contributed by atoms with Gasteiger partial charge in [-0.1, -0.05) is 29.8 Å². The number of hydrogen-bond acceptors (Lipinski definition) is 7. The molecular formula is C31H34N4O5S. The van der Waals surface area contributed by atoms with Crippen LogP contribution >= 0.6 is 0 Å². The molecule has 0 unspecified atom stereocenters. The average molecular weight is 575 g/mol. The molecule has 0 fully saturated rings. The number of aromatic nitrogens is 1. The lowest BCUT2D eigenvalue weighted by Crippen LogP contribution is -2.39. The van der Waals surface area contributed by atoms with Gasteiger partial charge in [0.2, 0.25) is 5.78 Å². The highest BCUT2D eigenvalue weighted by Gasteiger charge is 2.29. The zero-order valence-electron chi connectivity index (χ0n) is 24.1. The Labute approximate surface area is 241 Å². The molecule has 0 saturated carbocycles. The van der Waals surface area contributed by atoms with Crippen molar-refractivity contribution in [1.29, 1.82) is 5.26 Å². The van der Waals surface area contributed by atoms with Crippen LogP contribution in [0.15, 0.2) is 71.3 Å². The molecule has 10 heteroatoms. The van der Waals surface area contributed by atoms with E-state index in [2.05, 4.69) is 0 Å². The predicted molar refractivity (Wildman–Crippen MR) is 158 cm³/mol. The predicted octanol–water partition coefficient (Wildman–Crippen LogP) is 5.36. The van der Waals surface area contributed by atoms with Gasteiger partial charge in [-0.3, -0.25) is 4.79 Å². The Balaban J connectivity index is 1.80. The number of aryl methyl sites for hydroxylation is 1. The van der Waals surface area contributed by atoms with E-state index in [-0.39, 0.29) is 22.3 Å². The number of carbonyl (C=O) groups is 2. The molecule has 2 aromatic carbocycles. The second kappa shape index (κ2) is 11.3. The molecule has 0 N–H and O–H groups in total. The molecule has 0 bridgehead atoms. The van der Waals surface area contributed by atoms with E-state index in [4.69, 9.17) is 4.74 Å². The Morgan fingerprint density at radius 1 is 1.07 bits per heavy atom. The maximum absolute atomic E-state index is 13.9. The summed E-state index contributed by atoms with van der Waals surface area (Å²) in [6, 6.07) is 15.1. The fourth-order valence-corrected chi connectivity index (χ4v) is 6.09. The number of nitriles is 1. The van der Waals surface area contributed by atoms with Crippen molar-refractivity contribution < 1.29 is 22.7 Å². The third kappa shape index (κ3) is 6.36. The Hall–Kier alpha value is -4.36. The van der Waals surface area contributed by atoms with Crippen LogP contribution in [0.2, 0.25) is 0 Å². The summed E-state index contributed by atoms with van der Waals surface area (Å²) in [6.07, 6.45) is 3.54. The van der Waals surface area contributed by atoms with Gasteiger partial charge in [-0.2, -0.15) is 5.26 Å². The topological polar surface area (TPSA) is 113 Å². The molecule has 2 heterocycles. The SMILES string of the molecule is Cc1ccc(S(=O)(=O)n2c(C(=O)/C(C#N)=C\N(C)C)cc3cc(C4=CCN(C(=O)OC(C)(C)C)CC4)ccc32)cc1. The molecule has 0 saturated heterocycles. The van der Waals surface area contributed by atoms with Crippen molar-refractivity contribution in [3.05, 3.63) is 83.2 Å². The van der Waals surface area contributed by atoms with Gasteiger partial charge in [0.05, 0.1) is 10.4 Å². The van der Waals surface area contributed by atoms with Crippen molar-refractivity contribution in [3.8, 4) is 6.07 Å². The van der Waals surface area contributed by atoms with E-state index < -0.39 is 21.4 Å². The summed E-state index contributed by atoms with van der Waals surface area (Å²) in [5.41, 5.74) is 2.19. The highest BCUT2D eigenvalue weighted by atomic mass is 32.2. The third-order valence-corrected chi connectivity index (χ3v) is 8.28. The van der Waals surface area contributed by atoms with Gasteiger partial charge in [-0.15, -0.1) is 0 Å². The van der Waals surface area contributed by atoms with Crippen LogP contribution in [0.1, 0.15) is 48.8 Å². The second-order valence-corrected chi connectivity index (χ2v) is 13.0. The minimum Gasteiger partial charge on any atom is -0.444 e. The maximum Gasteiger partial charge on any atom is 0.410 e. The zero-order chi connectivity index (χ0) is 30.1. The van der Waals surface area contributed by atoms with Crippen LogP contribution in [0.4, 0.5) is 4.79 Å². The van der Waals surface area contributed by atoms with Crippen LogP contribution in [0.3, 0.4) is 0 Å². The molecule has 3 aromatic rings. The number of allylic oxidation sites excluding steroid dienone is 1. The van der Waals surface area contributed by atoms with Crippen molar-refractivity contribution in [2.24, 2.45) is 0 Å². The van der Waals surface area contributed by atoms with E-state index in [9.17, 15) is 23.3 Å². The number of benzene rings is 2. The molecule has 4 rings (SSSR count). The molecule has 1 aliphatic rings. The Kier molecular flexibility index (Phi) is 8.13. The lowest BCUT2D eigenvalue weighted by atomic mass is 9.98. The second-order valence-electron chi connectivity index (χ2n) is 11.2. The molecule has 9 nitrogen and oxygen atoms in total. The number of ketones is 1. The van der Waals surface area contributed by atoms with Crippen molar-refractivity contribution in [3.63, 3.8) is 0 Å². The molecule has 1 amide bonds. The fourth-order valence-electron chi connectivity index (χ4n) is 4.58. The van der Waals surface area contributed by atoms with Crippen molar-refractivity contribution >= 4 is 38.4 Å². The maximum atomic E-state index is 13.9. The van der Waals surface area contributed by atoms with Gasteiger partial charge in [-0.05, 0) is 75.6 Å². The summed E-state index contributed by atoms with van der Waals surface area (Å²) in [7, 11) is -0.826. The van der Waals surface area contributed by atoms with Crippen LogP contribution in [-0.2, 0) is 14.8 Å². The quantitative estimate of drug-likeness (QED) is 0.221. The third-order valence-electron chi connectivity index (χ3n) is 6.53. The van der Waals surface area contributed by atoms with Crippen molar-refractivity contribution in [1.82, 2.24) is 13.8 Å². The number of fused-ring (bicyclic) bond motifs is 1. The molecular weight excluding hydrogens is 540 g/mol. The van der Waals surface area contributed by atoms with E-state index in [0.717, 1.165) is 20.7 Å². The van der Waals surface area contributed by atoms with E-state index in [0.29, 0.717) is 30.4 Å². The van der Waals surface area contributed by atoms with Gasteiger partial charge in [0, 0.05) is 38.8 Å². The largest absolute Gasteiger partial charge is 0.444 e. The summed E-state index contributed by atoms with van der Waals surface area (Å²) in [5, 5.41) is 10.2. The Bertz CT molecular complexity index is 1720. The Morgan fingerprint density at radius 3 is 2.32 bits per heavy atom. The van der Waals surface area contributed by atoms with Gasteiger partial charge in [0.25, 0.3) is 10.0 Å². The van der Waals surface area contributed by atoms with Gasteiger partial charge in [-0.25, -0.2) is 17.2 Å². The van der Waals surface area contributed by atoms with Crippen molar-refractivity contribution in [2.45, 2.75) is 44.6 Å². The van der Waals surface area contributed by atoms with Gasteiger partial charge in [0.15, 0.2) is 0 Å². The van der Waals surface area contributed by atoms with Crippen LogP contribution in [0.5, 0.6) is 0 Å². The number of Topliss-reactive ketones (excluding diaryl/α,β-unsaturated/α-hetero) is 1. The van der Waals surface area contributed by atoms with Crippen LogP contribution in [0, 0.1) is 18.3 Å². The smallest absolute Gasteiger partial charge is 0.410 e. The molecule has 0 radical (unpaired) electrons. The average Bonchev–Trinajstić information content (AvgIpc) is 3.30. The summed E-state index contributed by atoms with van der Waals surface area (Å²) in [5.74, 6) is -0.695. The monoisotopic (exact) mass is 574 g/mol.